The van der Waals surface area contributed by atoms with Crippen molar-refractivity contribution in [1.82, 2.24) is 4.98 Å². The standard InChI is InChI=1S/C13H11NO2/c15-12-8-11(14-13(16)9-12)7-6-10-4-2-1-3-5-10/h1-9H,(H2,14,15,16)/b7-6+. The molecule has 2 N–H and O–H groups in total. The highest BCUT2D eigenvalue weighted by atomic mass is 16.3. The summed E-state index contributed by atoms with van der Waals surface area (Å²) in [4.78, 5) is 13.7. The van der Waals surface area contributed by atoms with Gasteiger partial charge in [0.15, 0.2) is 0 Å². The predicted molar refractivity (Wildman–Crippen MR) is 64.1 cm³/mol. The maximum atomic E-state index is 11.1. The molecule has 0 saturated heterocycles. The minimum Gasteiger partial charge on any atom is -0.508 e. The second-order valence-corrected chi connectivity index (χ2v) is 3.40. The van der Waals surface area contributed by atoms with E-state index in [2.05, 4.69) is 4.98 Å². The zero-order valence-corrected chi connectivity index (χ0v) is 8.55. The molecule has 1 aromatic heterocycles. The second kappa shape index (κ2) is 4.49. The SMILES string of the molecule is O=c1cc(O)cc(/C=C/c2ccccc2)[nH]1. The average molecular weight is 213 g/mol. The summed E-state index contributed by atoms with van der Waals surface area (Å²) in [6.45, 7) is 0. The predicted octanol–water partition coefficient (Wildman–Crippen LogP) is 2.25. The Morgan fingerprint density at radius 2 is 1.81 bits per heavy atom. The first-order chi connectivity index (χ1) is 7.74. The smallest absolute Gasteiger partial charge is 0.252 e. The first-order valence-corrected chi connectivity index (χ1v) is 4.90. The Morgan fingerprint density at radius 3 is 2.50 bits per heavy atom. The zero-order chi connectivity index (χ0) is 11.4. The summed E-state index contributed by atoms with van der Waals surface area (Å²) in [5, 5.41) is 9.24. The molecule has 1 heterocycles. The third-order valence-electron chi connectivity index (χ3n) is 2.10. The molecule has 3 nitrogen and oxygen atoms in total. The Hall–Kier alpha value is -2.29. The average Bonchev–Trinajstić information content (AvgIpc) is 2.27. The number of aromatic hydroxyl groups is 1. The minimum atomic E-state index is -0.312. The first kappa shape index (κ1) is 10.2. The van der Waals surface area contributed by atoms with Crippen molar-refractivity contribution < 1.29 is 5.11 Å². The lowest BCUT2D eigenvalue weighted by Crippen LogP contribution is -2.03. The molecule has 16 heavy (non-hydrogen) atoms. The Kier molecular flexibility index (Phi) is 2.87. The molecule has 0 aliphatic rings. The summed E-state index contributed by atoms with van der Waals surface area (Å²) < 4.78 is 0. The van der Waals surface area contributed by atoms with Crippen LogP contribution in [-0.2, 0) is 0 Å². The van der Waals surface area contributed by atoms with Gasteiger partial charge in [-0.1, -0.05) is 36.4 Å². The number of benzene rings is 1. The molecule has 3 heteroatoms. The number of rotatable bonds is 2. The van der Waals surface area contributed by atoms with Gasteiger partial charge in [0.1, 0.15) is 5.75 Å². The van der Waals surface area contributed by atoms with Crippen molar-refractivity contribution in [2.75, 3.05) is 0 Å². The van der Waals surface area contributed by atoms with Crippen LogP contribution in [0.1, 0.15) is 11.3 Å². The van der Waals surface area contributed by atoms with E-state index in [1.54, 1.807) is 6.08 Å². The topological polar surface area (TPSA) is 53.1 Å². The van der Waals surface area contributed by atoms with E-state index in [1.807, 2.05) is 36.4 Å². The van der Waals surface area contributed by atoms with Crippen LogP contribution in [0.25, 0.3) is 12.2 Å². The van der Waals surface area contributed by atoms with Gasteiger partial charge in [-0.05, 0) is 11.6 Å². The molecule has 0 aliphatic carbocycles. The molecule has 0 saturated carbocycles. The molecule has 0 bridgehead atoms. The van der Waals surface area contributed by atoms with Crippen LogP contribution in [0.2, 0.25) is 0 Å². The molecule has 2 aromatic rings. The normalized spacial score (nSPS) is 10.8. The van der Waals surface area contributed by atoms with Crippen molar-refractivity contribution in [3.05, 3.63) is 64.1 Å². The molecule has 0 spiro atoms. The lowest BCUT2D eigenvalue weighted by Gasteiger charge is -1.95. The van der Waals surface area contributed by atoms with Gasteiger partial charge in [0.25, 0.3) is 5.56 Å². The fourth-order valence-corrected chi connectivity index (χ4v) is 1.39. The highest BCUT2D eigenvalue weighted by Crippen LogP contribution is 2.09. The lowest BCUT2D eigenvalue weighted by atomic mass is 10.2. The summed E-state index contributed by atoms with van der Waals surface area (Å²) in [7, 11) is 0. The summed E-state index contributed by atoms with van der Waals surface area (Å²) in [6.07, 6.45) is 3.61. The van der Waals surface area contributed by atoms with Crippen molar-refractivity contribution in [2.24, 2.45) is 0 Å². The quantitative estimate of drug-likeness (QED) is 0.803. The summed E-state index contributed by atoms with van der Waals surface area (Å²) >= 11 is 0. The van der Waals surface area contributed by atoms with E-state index in [0.717, 1.165) is 11.6 Å². The highest BCUT2D eigenvalue weighted by molar-refractivity contribution is 5.68. The minimum absolute atomic E-state index is 0.0311. The van der Waals surface area contributed by atoms with E-state index < -0.39 is 0 Å². The van der Waals surface area contributed by atoms with Gasteiger partial charge in [-0.25, -0.2) is 0 Å². The maximum Gasteiger partial charge on any atom is 0.252 e. The van der Waals surface area contributed by atoms with Crippen molar-refractivity contribution in [3.63, 3.8) is 0 Å². The largest absolute Gasteiger partial charge is 0.508 e. The van der Waals surface area contributed by atoms with E-state index in [1.165, 1.54) is 6.07 Å². The number of hydrogen-bond acceptors (Lipinski definition) is 2. The number of aromatic nitrogens is 1. The fourth-order valence-electron chi connectivity index (χ4n) is 1.39. The van der Waals surface area contributed by atoms with Gasteiger partial charge in [0.2, 0.25) is 0 Å². The van der Waals surface area contributed by atoms with Crippen molar-refractivity contribution in [1.29, 1.82) is 0 Å². The van der Waals surface area contributed by atoms with Crippen LogP contribution in [0.4, 0.5) is 0 Å². The van der Waals surface area contributed by atoms with Crippen molar-refractivity contribution >= 4 is 12.2 Å². The summed E-state index contributed by atoms with van der Waals surface area (Å²) in [5.74, 6) is -0.0311. The van der Waals surface area contributed by atoms with E-state index in [9.17, 15) is 9.90 Å². The molecule has 0 unspecified atom stereocenters. The molecule has 1 aromatic carbocycles. The van der Waals surface area contributed by atoms with Crippen LogP contribution in [0.3, 0.4) is 0 Å². The fraction of sp³-hybridized carbons (Fsp3) is 0. The van der Waals surface area contributed by atoms with Gasteiger partial charge >= 0.3 is 0 Å². The van der Waals surface area contributed by atoms with Crippen LogP contribution >= 0.6 is 0 Å². The van der Waals surface area contributed by atoms with Gasteiger partial charge < -0.3 is 10.1 Å². The number of nitrogens with one attached hydrogen (secondary N) is 1. The van der Waals surface area contributed by atoms with E-state index in [0.29, 0.717) is 5.69 Å². The molecule has 0 fully saturated rings. The molecular formula is C13H11NO2. The van der Waals surface area contributed by atoms with E-state index in [-0.39, 0.29) is 11.3 Å². The number of aromatic amines is 1. The summed E-state index contributed by atoms with van der Waals surface area (Å²) in [5.41, 5.74) is 1.30. The van der Waals surface area contributed by atoms with Crippen LogP contribution in [0.5, 0.6) is 5.75 Å². The van der Waals surface area contributed by atoms with Crippen LogP contribution in [0, 0.1) is 0 Å². The number of hydrogen-bond donors (Lipinski definition) is 2. The Bertz CT molecular complexity index is 556. The zero-order valence-electron chi connectivity index (χ0n) is 8.55. The van der Waals surface area contributed by atoms with Crippen LogP contribution < -0.4 is 5.56 Å². The molecule has 0 aliphatic heterocycles. The molecule has 0 atom stereocenters. The van der Waals surface area contributed by atoms with Gasteiger partial charge in [0, 0.05) is 17.8 Å². The lowest BCUT2D eigenvalue weighted by molar-refractivity contribution is 0.473. The maximum absolute atomic E-state index is 11.1. The molecular weight excluding hydrogens is 202 g/mol. The van der Waals surface area contributed by atoms with Gasteiger partial charge in [-0.15, -0.1) is 0 Å². The molecule has 2 rings (SSSR count). The third-order valence-corrected chi connectivity index (χ3v) is 2.10. The van der Waals surface area contributed by atoms with Gasteiger partial charge in [-0.2, -0.15) is 0 Å². The Labute approximate surface area is 92.7 Å². The molecule has 0 radical (unpaired) electrons. The monoisotopic (exact) mass is 213 g/mol. The number of pyridine rings is 1. The molecule has 80 valence electrons. The second-order valence-electron chi connectivity index (χ2n) is 3.40. The van der Waals surface area contributed by atoms with Crippen molar-refractivity contribution in [3.8, 4) is 5.75 Å². The molecule has 0 amide bonds. The van der Waals surface area contributed by atoms with E-state index in [4.69, 9.17) is 0 Å². The van der Waals surface area contributed by atoms with Crippen molar-refractivity contribution in [2.45, 2.75) is 0 Å². The highest BCUT2D eigenvalue weighted by Gasteiger charge is 1.93. The Morgan fingerprint density at radius 1 is 1.06 bits per heavy atom. The summed E-state index contributed by atoms with van der Waals surface area (Å²) in [6, 6.07) is 12.4. The number of H-pyrrole nitrogens is 1. The third kappa shape index (κ3) is 2.60. The van der Waals surface area contributed by atoms with E-state index >= 15 is 0 Å². The van der Waals surface area contributed by atoms with Gasteiger partial charge in [-0.3, -0.25) is 4.79 Å². The first-order valence-electron chi connectivity index (χ1n) is 4.90. The van der Waals surface area contributed by atoms with Gasteiger partial charge in [0.05, 0.1) is 0 Å². The Balaban J connectivity index is 2.27. The van der Waals surface area contributed by atoms with Crippen LogP contribution in [0.15, 0.2) is 47.3 Å². The van der Waals surface area contributed by atoms with Crippen LogP contribution in [-0.4, -0.2) is 10.1 Å².